The van der Waals surface area contributed by atoms with Gasteiger partial charge in [0.15, 0.2) is 0 Å². The molecule has 2 aliphatic rings. The fourth-order valence-corrected chi connectivity index (χ4v) is 4.86. The molecule has 2 saturated carbocycles. The number of ether oxygens (including phenoxy) is 3. The first-order valence-electron chi connectivity index (χ1n) is 11.8. The number of benzene rings is 2. The highest BCUT2D eigenvalue weighted by molar-refractivity contribution is 5.69. The number of hydrogen-bond donors (Lipinski definition) is 0. The molecule has 6 heteroatoms. The Balaban J connectivity index is 1.39. The summed E-state index contributed by atoms with van der Waals surface area (Å²) in [5.74, 6) is 1.30. The first-order chi connectivity index (χ1) is 15.9. The van der Waals surface area contributed by atoms with Gasteiger partial charge in [0.25, 0.3) is 0 Å². The molecule has 0 unspecified atom stereocenters. The van der Waals surface area contributed by atoms with Gasteiger partial charge in [-0.05, 0) is 86.6 Å². The van der Waals surface area contributed by atoms with Crippen LogP contribution in [0.1, 0.15) is 67.6 Å². The quantitative estimate of drug-likeness (QED) is 0.417. The number of aryl methyl sites for hydroxylation is 1. The number of halogens is 2. The van der Waals surface area contributed by atoms with E-state index in [0.717, 1.165) is 24.2 Å². The highest BCUT2D eigenvalue weighted by atomic mass is 19.1. The van der Waals surface area contributed by atoms with Crippen molar-refractivity contribution in [2.75, 3.05) is 20.8 Å². The van der Waals surface area contributed by atoms with Crippen LogP contribution in [-0.2, 0) is 21.6 Å². The smallest absolute Gasteiger partial charge is 0.305 e. The summed E-state index contributed by atoms with van der Waals surface area (Å²) < 4.78 is 46.2. The molecular formula is C27H32F2O4. The zero-order chi connectivity index (χ0) is 23.4. The second-order valence-electron chi connectivity index (χ2n) is 9.24. The molecule has 2 fully saturated rings. The van der Waals surface area contributed by atoms with Crippen LogP contribution in [0.5, 0.6) is 11.5 Å². The van der Waals surface area contributed by atoms with E-state index in [1.807, 2.05) is 12.1 Å². The Morgan fingerprint density at radius 2 is 1.85 bits per heavy atom. The maximum absolute atomic E-state index is 15.7. The van der Waals surface area contributed by atoms with Crippen LogP contribution in [0, 0.1) is 11.7 Å². The molecular weight excluding hydrogens is 426 g/mol. The van der Waals surface area contributed by atoms with Crippen molar-refractivity contribution in [2.45, 2.75) is 63.0 Å². The van der Waals surface area contributed by atoms with Crippen LogP contribution in [0.2, 0.25) is 0 Å². The van der Waals surface area contributed by atoms with Crippen LogP contribution in [0.15, 0.2) is 36.4 Å². The second kappa shape index (κ2) is 10.1. The molecule has 0 atom stereocenters. The van der Waals surface area contributed by atoms with Crippen LogP contribution in [0.25, 0.3) is 0 Å². The lowest BCUT2D eigenvalue weighted by Crippen LogP contribution is -2.30. The van der Waals surface area contributed by atoms with Crippen molar-refractivity contribution in [1.29, 1.82) is 0 Å². The van der Waals surface area contributed by atoms with E-state index in [4.69, 9.17) is 14.2 Å². The molecule has 0 heterocycles. The number of esters is 1. The summed E-state index contributed by atoms with van der Waals surface area (Å²) in [6.07, 6.45) is 5.04. The molecule has 0 aliphatic heterocycles. The standard InChI is InChI=1S/C27H32F2O4/c1-31-21-9-10-23(28)22(16-21)27(29)14-12-18(13-15-27)17-33-24-5-3-4-19(8-11-25(30)32-2)26(24)20-6-7-20/h3-5,9-10,16,18,20H,6-8,11-15,17H2,1-2H3. The summed E-state index contributed by atoms with van der Waals surface area (Å²) in [5, 5.41) is 0. The highest BCUT2D eigenvalue weighted by Crippen LogP contribution is 2.47. The van der Waals surface area contributed by atoms with Gasteiger partial charge in [-0.1, -0.05) is 12.1 Å². The first kappa shape index (κ1) is 23.5. The van der Waals surface area contributed by atoms with Crippen molar-refractivity contribution in [3.63, 3.8) is 0 Å². The summed E-state index contributed by atoms with van der Waals surface area (Å²) in [6, 6.07) is 10.3. The van der Waals surface area contributed by atoms with Gasteiger partial charge in [-0.15, -0.1) is 0 Å². The molecule has 4 nitrogen and oxygen atoms in total. The summed E-state index contributed by atoms with van der Waals surface area (Å²) in [5.41, 5.74) is 0.758. The fourth-order valence-electron chi connectivity index (χ4n) is 4.86. The summed E-state index contributed by atoms with van der Waals surface area (Å²) >= 11 is 0. The van der Waals surface area contributed by atoms with Crippen LogP contribution in [0.4, 0.5) is 8.78 Å². The monoisotopic (exact) mass is 458 g/mol. The Hall–Kier alpha value is -2.63. The van der Waals surface area contributed by atoms with E-state index in [1.54, 1.807) is 0 Å². The molecule has 33 heavy (non-hydrogen) atoms. The Morgan fingerprint density at radius 3 is 2.52 bits per heavy atom. The molecule has 0 amide bonds. The number of carbonyl (C=O) groups excluding carboxylic acids is 1. The van der Waals surface area contributed by atoms with E-state index < -0.39 is 11.5 Å². The second-order valence-corrected chi connectivity index (χ2v) is 9.24. The van der Waals surface area contributed by atoms with Crippen LogP contribution >= 0.6 is 0 Å². The zero-order valence-corrected chi connectivity index (χ0v) is 19.4. The minimum absolute atomic E-state index is 0.0931. The third kappa shape index (κ3) is 5.48. The maximum Gasteiger partial charge on any atom is 0.305 e. The van der Waals surface area contributed by atoms with Crippen molar-refractivity contribution in [1.82, 2.24) is 0 Å². The number of alkyl halides is 1. The molecule has 0 radical (unpaired) electrons. The highest BCUT2D eigenvalue weighted by Gasteiger charge is 2.39. The molecule has 2 aromatic carbocycles. The van der Waals surface area contributed by atoms with Gasteiger partial charge in [0.2, 0.25) is 0 Å². The van der Waals surface area contributed by atoms with Crippen molar-refractivity contribution < 1.29 is 27.8 Å². The van der Waals surface area contributed by atoms with Gasteiger partial charge < -0.3 is 14.2 Å². The first-order valence-corrected chi connectivity index (χ1v) is 11.8. The summed E-state index contributed by atoms with van der Waals surface area (Å²) in [6.45, 7) is 0.511. The van der Waals surface area contributed by atoms with Gasteiger partial charge >= 0.3 is 5.97 Å². The third-order valence-electron chi connectivity index (χ3n) is 7.00. The molecule has 0 spiro atoms. The van der Waals surface area contributed by atoms with E-state index in [0.29, 0.717) is 44.0 Å². The fraction of sp³-hybridized carbons (Fsp3) is 0.519. The number of carbonyl (C=O) groups is 1. The lowest BCUT2D eigenvalue weighted by molar-refractivity contribution is -0.140. The van der Waals surface area contributed by atoms with Gasteiger partial charge in [0.1, 0.15) is 23.0 Å². The average Bonchev–Trinajstić information content (AvgIpc) is 3.67. The molecule has 0 bridgehead atoms. The van der Waals surface area contributed by atoms with Crippen LogP contribution in [-0.4, -0.2) is 26.8 Å². The van der Waals surface area contributed by atoms with Gasteiger partial charge in [-0.3, -0.25) is 4.79 Å². The van der Waals surface area contributed by atoms with Gasteiger partial charge in [0, 0.05) is 17.5 Å². The van der Waals surface area contributed by atoms with Crippen molar-refractivity contribution in [3.8, 4) is 11.5 Å². The molecule has 0 N–H and O–H groups in total. The maximum atomic E-state index is 15.7. The van der Waals surface area contributed by atoms with Crippen LogP contribution < -0.4 is 9.47 Å². The normalized spacial score (nSPS) is 22.6. The Morgan fingerprint density at radius 1 is 1.09 bits per heavy atom. The lowest BCUT2D eigenvalue weighted by atomic mass is 9.76. The molecule has 4 rings (SSSR count). The SMILES string of the molecule is COC(=O)CCc1cccc(OCC2CCC(F)(c3cc(OC)ccc3F)CC2)c1C1CC1. The zero-order valence-electron chi connectivity index (χ0n) is 19.4. The Labute approximate surface area is 194 Å². The van der Waals surface area contributed by atoms with Gasteiger partial charge in [-0.25, -0.2) is 8.78 Å². The minimum Gasteiger partial charge on any atom is -0.497 e. The van der Waals surface area contributed by atoms with E-state index in [2.05, 4.69) is 6.07 Å². The van der Waals surface area contributed by atoms with Gasteiger partial charge in [0.05, 0.1) is 20.8 Å². The predicted molar refractivity (Wildman–Crippen MR) is 122 cm³/mol. The van der Waals surface area contributed by atoms with E-state index in [1.165, 1.54) is 38.0 Å². The van der Waals surface area contributed by atoms with Crippen LogP contribution in [0.3, 0.4) is 0 Å². The van der Waals surface area contributed by atoms with Crippen molar-refractivity contribution >= 4 is 5.97 Å². The molecule has 0 saturated heterocycles. The largest absolute Gasteiger partial charge is 0.497 e. The number of rotatable bonds is 9. The predicted octanol–water partition coefficient (Wildman–Crippen LogP) is 6.25. The van der Waals surface area contributed by atoms with E-state index >= 15 is 4.39 Å². The molecule has 2 aliphatic carbocycles. The Kier molecular flexibility index (Phi) is 7.20. The molecule has 0 aromatic heterocycles. The minimum atomic E-state index is -1.68. The Bertz CT molecular complexity index is 978. The summed E-state index contributed by atoms with van der Waals surface area (Å²) in [4.78, 5) is 11.6. The lowest BCUT2D eigenvalue weighted by Gasteiger charge is -2.34. The molecule has 178 valence electrons. The number of methoxy groups -OCH3 is 2. The van der Waals surface area contributed by atoms with Crippen molar-refractivity contribution in [2.24, 2.45) is 5.92 Å². The summed E-state index contributed by atoms with van der Waals surface area (Å²) in [7, 11) is 2.90. The number of hydrogen-bond acceptors (Lipinski definition) is 4. The third-order valence-corrected chi connectivity index (χ3v) is 7.00. The van der Waals surface area contributed by atoms with E-state index in [-0.39, 0.29) is 30.3 Å². The average molecular weight is 459 g/mol. The topological polar surface area (TPSA) is 44.8 Å². The van der Waals surface area contributed by atoms with Crippen molar-refractivity contribution in [3.05, 3.63) is 58.9 Å². The van der Waals surface area contributed by atoms with E-state index in [9.17, 15) is 9.18 Å². The van der Waals surface area contributed by atoms with Gasteiger partial charge in [-0.2, -0.15) is 0 Å². The molecule has 2 aromatic rings.